The largest absolute Gasteiger partial charge is 0.389 e. The Morgan fingerprint density at radius 2 is 2.19 bits per heavy atom. The van der Waals surface area contributed by atoms with E-state index in [2.05, 4.69) is 4.90 Å². The lowest BCUT2D eigenvalue weighted by Gasteiger charge is -2.27. The summed E-state index contributed by atoms with van der Waals surface area (Å²) in [5, 5.41) is 9.68. The van der Waals surface area contributed by atoms with Crippen molar-refractivity contribution in [3.8, 4) is 0 Å². The summed E-state index contributed by atoms with van der Waals surface area (Å²) in [6.07, 6.45) is 1.63. The van der Waals surface area contributed by atoms with Crippen LogP contribution in [0.4, 0.5) is 10.1 Å². The van der Waals surface area contributed by atoms with Crippen molar-refractivity contribution in [1.82, 2.24) is 0 Å². The van der Waals surface area contributed by atoms with Gasteiger partial charge in [0.25, 0.3) is 0 Å². The van der Waals surface area contributed by atoms with E-state index in [0.29, 0.717) is 17.3 Å². The van der Waals surface area contributed by atoms with Gasteiger partial charge >= 0.3 is 0 Å². The summed E-state index contributed by atoms with van der Waals surface area (Å²) in [6.45, 7) is 4.49. The molecular formula is C13H18FNO. The summed E-state index contributed by atoms with van der Waals surface area (Å²) in [6, 6.07) is 5.38. The number of halogens is 1. The van der Waals surface area contributed by atoms with Crippen molar-refractivity contribution in [3.63, 3.8) is 0 Å². The highest BCUT2D eigenvalue weighted by Gasteiger charge is 2.31. The van der Waals surface area contributed by atoms with E-state index in [1.165, 1.54) is 6.07 Å². The molecule has 2 rings (SSSR count). The van der Waals surface area contributed by atoms with Crippen LogP contribution in [0.5, 0.6) is 0 Å². The number of aliphatic hydroxyl groups is 1. The number of hydrogen-bond donors (Lipinski definition) is 1. The van der Waals surface area contributed by atoms with Gasteiger partial charge in [0.1, 0.15) is 5.82 Å². The lowest BCUT2D eigenvalue weighted by Crippen LogP contribution is -2.27. The van der Waals surface area contributed by atoms with Gasteiger partial charge in [-0.15, -0.1) is 0 Å². The Balaban J connectivity index is 2.43. The Bertz CT molecular complexity index is 374. The molecule has 1 saturated carbocycles. The van der Waals surface area contributed by atoms with Gasteiger partial charge in [-0.2, -0.15) is 0 Å². The Labute approximate surface area is 95.7 Å². The monoisotopic (exact) mass is 223 g/mol. The van der Waals surface area contributed by atoms with Crippen LogP contribution < -0.4 is 4.90 Å². The Hall–Kier alpha value is -1.09. The van der Waals surface area contributed by atoms with Gasteiger partial charge in [0.15, 0.2) is 0 Å². The van der Waals surface area contributed by atoms with Crippen LogP contribution in [0.3, 0.4) is 0 Å². The second kappa shape index (κ2) is 4.42. The molecule has 0 spiro atoms. The predicted octanol–water partition coefficient (Wildman–Crippen LogP) is 2.87. The summed E-state index contributed by atoms with van der Waals surface area (Å²) in [4.78, 5) is 2.07. The molecule has 0 saturated heterocycles. The van der Waals surface area contributed by atoms with Crippen LogP contribution in [0.1, 0.15) is 38.4 Å². The highest BCUT2D eigenvalue weighted by Crippen LogP contribution is 2.37. The average molecular weight is 223 g/mol. The Morgan fingerprint density at radius 3 is 2.69 bits per heavy atom. The summed E-state index contributed by atoms with van der Waals surface area (Å²) in [5.74, 6) is -0.229. The van der Waals surface area contributed by atoms with Crippen molar-refractivity contribution in [2.24, 2.45) is 0 Å². The molecule has 1 aromatic carbocycles. The molecule has 3 heteroatoms. The quantitative estimate of drug-likeness (QED) is 0.848. The molecule has 2 nitrogen and oxygen atoms in total. The minimum Gasteiger partial charge on any atom is -0.389 e. The fourth-order valence-corrected chi connectivity index (χ4v) is 2.16. The van der Waals surface area contributed by atoms with E-state index in [4.69, 9.17) is 0 Å². The van der Waals surface area contributed by atoms with Crippen LogP contribution in [0.25, 0.3) is 0 Å². The fourth-order valence-electron chi connectivity index (χ4n) is 2.16. The molecule has 1 N–H and O–H groups in total. The zero-order valence-corrected chi connectivity index (χ0v) is 9.78. The van der Waals surface area contributed by atoms with Crippen LogP contribution >= 0.6 is 0 Å². The van der Waals surface area contributed by atoms with E-state index >= 15 is 0 Å². The molecule has 0 radical (unpaired) electrons. The zero-order valence-electron chi connectivity index (χ0n) is 9.78. The fraction of sp³-hybridized carbons (Fsp3) is 0.538. The molecular weight excluding hydrogens is 205 g/mol. The number of benzene rings is 1. The molecule has 1 aliphatic rings. The highest BCUT2D eigenvalue weighted by molar-refractivity contribution is 5.57. The van der Waals surface area contributed by atoms with E-state index in [1.807, 2.05) is 6.92 Å². The van der Waals surface area contributed by atoms with Gasteiger partial charge in [0, 0.05) is 18.2 Å². The van der Waals surface area contributed by atoms with Crippen molar-refractivity contribution < 1.29 is 9.50 Å². The number of hydrogen-bond acceptors (Lipinski definition) is 2. The highest BCUT2D eigenvalue weighted by atomic mass is 19.1. The van der Waals surface area contributed by atoms with Gasteiger partial charge < -0.3 is 10.0 Å². The number of anilines is 1. The first-order valence-electron chi connectivity index (χ1n) is 5.88. The number of para-hydroxylation sites is 1. The number of nitrogens with zero attached hydrogens (tertiary/aromatic N) is 1. The van der Waals surface area contributed by atoms with E-state index < -0.39 is 6.10 Å². The molecule has 1 atom stereocenters. The predicted molar refractivity (Wildman–Crippen MR) is 63.1 cm³/mol. The van der Waals surface area contributed by atoms with Gasteiger partial charge in [-0.3, -0.25) is 0 Å². The van der Waals surface area contributed by atoms with Crippen molar-refractivity contribution in [1.29, 1.82) is 0 Å². The molecule has 1 aromatic rings. The maximum absolute atomic E-state index is 13.9. The second-order valence-corrected chi connectivity index (χ2v) is 4.37. The smallest absolute Gasteiger partial charge is 0.146 e. The van der Waals surface area contributed by atoms with Crippen molar-refractivity contribution in [2.45, 2.75) is 38.8 Å². The van der Waals surface area contributed by atoms with Gasteiger partial charge in [-0.05, 0) is 32.8 Å². The Morgan fingerprint density at radius 1 is 1.50 bits per heavy atom. The van der Waals surface area contributed by atoms with Crippen molar-refractivity contribution in [2.75, 3.05) is 11.4 Å². The molecule has 0 heterocycles. The second-order valence-electron chi connectivity index (χ2n) is 4.37. The molecule has 0 aromatic heterocycles. The van der Waals surface area contributed by atoms with Crippen LogP contribution in [0.15, 0.2) is 18.2 Å². The maximum Gasteiger partial charge on any atom is 0.146 e. The standard InChI is InChI=1S/C13H18FNO/c1-3-15(10-7-8-10)13-11(9(2)16)5-4-6-12(13)14/h4-6,9-10,16H,3,7-8H2,1-2H3/t9-/m0/s1. The molecule has 1 fully saturated rings. The summed E-state index contributed by atoms with van der Waals surface area (Å²) in [5.41, 5.74) is 1.27. The average Bonchev–Trinajstić information content (AvgIpc) is 3.05. The van der Waals surface area contributed by atoms with E-state index in [1.54, 1.807) is 19.1 Å². The number of rotatable bonds is 4. The summed E-state index contributed by atoms with van der Waals surface area (Å²) in [7, 11) is 0. The third kappa shape index (κ3) is 2.05. The first-order valence-corrected chi connectivity index (χ1v) is 5.88. The van der Waals surface area contributed by atoms with Crippen LogP contribution in [-0.4, -0.2) is 17.7 Å². The summed E-state index contributed by atoms with van der Waals surface area (Å²) >= 11 is 0. The van der Waals surface area contributed by atoms with Crippen LogP contribution in [-0.2, 0) is 0 Å². The Kier molecular flexibility index (Phi) is 3.15. The van der Waals surface area contributed by atoms with Crippen LogP contribution in [0, 0.1) is 5.82 Å². The molecule has 0 bridgehead atoms. The molecule has 0 unspecified atom stereocenters. The van der Waals surface area contributed by atoms with Gasteiger partial charge in [-0.25, -0.2) is 4.39 Å². The van der Waals surface area contributed by atoms with Crippen LogP contribution in [0.2, 0.25) is 0 Å². The molecule has 16 heavy (non-hydrogen) atoms. The van der Waals surface area contributed by atoms with Gasteiger partial charge in [-0.1, -0.05) is 12.1 Å². The lowest BCUT2D eigenvalue weighted by molar-refractivity contribution is 0.199. The molecule has 0 aliphatic heterocycles. The minimum absolute atomic E-state index is 0.229. The topological polar surface area (TPSA) is 23.5 Å². The maximum atomic E-state index is 13.9. The van der Waals surface area contributed by atoms with Gasteiger partial charge in [0.2, 0.25) is 0 Å². The van der Waals surface area contributed by atoms with E-state index in [0.717, 1.165) is 19.4 Å². The number of aliphatic hydroxyl groups excluding tert-OH is 1. The SMILES string of the molecule is CCN(c1c(F)cccc1[C@H](C)O)C1CC1. The zero-order chi connectivity index (χ0) is 11.7. The van der Waals surface area contributed by atoms with E-state index in [-0.39, 0.29) is 5.82 Å². The molecule has 0 amide bonds. The normalized spacial score (nSPS) is 17.2. The summed E-state index contributed by atoms with van der Waals surface area (Å²) < 4.78 is 13.9. The third-order valence-electron chi connectivity index (χ3n) is 3.08. The van der Waals surface area contributed by atoms with Gasteiger partial charge in [0.05, 0.1) is 11.8 Å². The first-order chi connectivity index (χ1) is 7.65. The first kappa shape index (κ1) is 11.4. The van der Waals surface area contributed by atoms with Crippen molar-refractivity contribution >= 4 is 5.69 Å². The minimum atomic E-state index is -0.626. The molecule has 1 aliphatic carbocycles. The van der Waals surface area contributed by atoms with Crippen molar-refractivity contribution in [3.05, 3.63) is 29.6 Å². The lowest BCUT2D eigenvalue weighted by atomic mass is 10.1. The molecule has 88 valence electrons. The third-order valence-corrected chi connectivity index (χ3v) is 3.08. The van der Waals surface area contributed by atoms with E-state index in [9.17, 15) is 9.50 Å².